The van der Waals surface area contributed by atoms with E-state index in [9.17, 15) is 15.1 Å². The van der Waals surface area contributed by atoms with Crippen molar-refractivity contribution >= 4 is 23.4 Å². The van der Waals surface area contributed by atoms with E-state index in [-0.39, 0.29) is 24.7 Å². The number of anilines is 1. The third kappa shape index (κ3) is 6.11. The molecule has 4 rings (SSSR count). The second kappa shape index (κ2) is 10.8. The Morgan fingerprint density at radius 3 is 2.48 bits per heavy atom. The molecule has 0 radical (unpaired) electrons. The first-order valence-corrected chi connectivity index (χ1v) is 11.7. The second-order valence-corrected chi connectivity index (χ2v) is 8.87. The van der Waals surface area contributed by atoms with Crippen molar-refractivity contribution in [3.63, 3.8) is 0 Å². The number of carbonyl (C=O) groups excluding carboxylic acids is 1. The Labute approximate surface area is 196 Å². The fraction of sp³-hybridized carbons (Fsp3) is 0.280. The number of ether oxygens (including phenoxy) is 2. The average Bonchev–Trinajstić information content (AvgIpc) is 2.83. The van der Waals surface area contributed by atoms with Gasteiger partial charge in [0.2, 0.25) is 5.91 Å². The molecular formula is C25H26N2O5S. The van der Waals surface area contributed by atoms with E-state index in [0.29, 0.717) is 22.9 Å². The normalized spacial score (nSPS) is 20.4. The highest BCUT2D eigenvalue weighted by Gasteiger charge is 2.32. The smallest absolute Gasteiger partial charge is 0.251 e. The summed E-state index contributed by atoms with van der Waals surface area (Å²) in [7, 11) is 0. The van der Waals surface area contributed by atoms with Crippen LogP contribution < -0.4 is 10.0 Å². The molecule has 1 amide bonds. The molecule has 2 N–H and O–H groups in total. The fourth-order valence-electron chi connectivity index (χ4n) is 3.65. The summed E-state index contributed by atoms with van der Waals surface area (Å²) < 4.78 is 13.4. The lowest BCUT2D eigenvalue weighted by molar-refractivity contribution is -0.645. The van der Waals surface area contributed by atoms with E-state index in [1.165, 1.54) is 24.9 Å². The summed E-state index contributed by atoms with van der Waals surface area (Å²) in [6, 6.07) is 20.4. The molecule has 1 aliphatic rings. The van der Waals surface area contributed by atoms with E-state index in [1.54, 1.807) is 12.1 Å². The predicted octanol–water partition coefficient (Wildman–Crippen LogP) is 4.11. The van der Waals surface area contributed by atoms with Gasteiger partial charge < -0.3 is 25.1 Å². The lowest BCUT2D eigenvalue weighted by atomic mass is 10.0. The summed E-state index contributed by atoms with van der Waals surface area (Å²) in [6.45, 7) is 1.46. The Hall–Kier alpha value is -2.91. The highest BCUT2D eigenvalue weighted by atomic mass is 32.2. The molecule has 3 atom stereocenters. The van der Waals surface area contributed by atoms with Crippen LogP contribution in [-0.4, -0.2) is 22.9 Å². The van der Waals surface area contributed by atoms with Crippen molar-refractivity contribution in [1.82, 2.24) is 0 Å². The Kier molecular flexibility index (Phi) is 7.61. The van der Waals surface area contributed by atoms with Gasteiger partial charge in [-0.25, -0.2) is 0 Å². The van der Waals surface area contributed by atoms with Gasteiger partial charge in [0.15, 0.2) is 12.5 Å². The molecule has 2 aromatic carbocycles. The van der Waals surface area contributed by atoms with Crippen LogP contribution in [0.3, 0.4) is 0 Å². The van der Waals surface area contributed by atoms with Crippen molar-refractivity contribution in [2.24, 2.45) is 0 Å². The molecular weight excluding hydrogens is 440 g/mol. The molecule has 2 heterocycles. The number of aliphatic hydroxyl groups excluding tert-OH is 1. The van der Waals surface area contributed by atoms with Gasteiger partial charge in [-0.1, -0.05) is 48.2 Å². The topological polar surface area (TPSA) is 94.7 Å². The molecule has 1 fully saturated rings. The van der Waals surface area contributed by atoms with Gasteiger partial charge in [-0.3, -0.25) is 4.79 Å². The zero-order valence-electron chi connectivity index (χ0n) is 18.2. The lowest BCUT2D eigenvalue weighted by Crippen LogP contribution is -2.32. The third-order valence-electron chi connectivity index (χ3n) is 5.32. The van der Waals surface area contributed by atoms with E-state index < -0.39 is 6.29 Å². The number of hydrogen-bond acceptors (Lipinski definition) is 6. The minimum Gasteiger partial charge on any atom is -0.618 e. The standard InChI is InChI=1S/C25H26N2O5S/c1-17(29)26-21-11-9-20(10-12-21)25-31-22(16-33-24-4-2-3-13-27(24)30)14-23(32-25)19-7-5-18(15-28)6-8-19/h2-13,22-23,25,28H,14-16H2,1H3,(H,26,29)/t22-,23+,25+/m1/s1. The van der Waals surface area contributed by atoms with Crippen molar-refractivity contribution in [2.75, 3.05) is 11.1 Å². The number of aromatic nitrogens is 1. The molecule has 7 nitrogen and oxygen atoms in total. The van der Waals surface area contributed by atoms with Gasteiger partial charge in [0.1, 0.15) is 0 Å². The number of pyridine rings is 1. The van der Waals surface area contributed by atoms with Crippen molar-refractivity contribution in [1.29, 1.82) is 0 Å². The van der Waals surface area contributed by atoms with E-state index in [0.717, 1.165) is 21.4 Å². The summed E-state index contributed by atoms with van der Waals surface area (Å²) in [4.78, 5) is 11.3. The molecule has 0 aliphatic carbocycles. The maximum Gasteiger partial charge on any atom is 0.251 e. The van der Waals surface area contributed by atoms with Crippen molar-refractivity contribution in [2.45, 2.75) is 43.5 Å². The van der Waals surface area contributed by atoms with Gasteiger partial charge in [0.05, 0.1) is 18.8 Å². The Morgan fingerprint density at radius 2 is 1.82 bits per heavy atom. The predicted molar refractivity (Wildman–Crippen MR) is 125 cm³/mol. The Bertz CT molecular complexity index is 1070. The van der Waals surface area contributed by atoms with Crippen LogP contribution in [0.1, 0.15) is 42.4 Å². The van der Waals surface area contributed by atoms with Crippen LogP contribution >= 0.6 is 11.8 Å². The zero-order valence-corrected chi connectivity index (χ0v) is 19.0. The molecule has 172 valence electrons. The van der Waals surface area contributed by atoms with Gasteiger partial charge in [-0.05, 0) is 29.3 Å². The van der Waals surface area contributed by atoms with Crippen molar-refractivity contribution in [3.8, 4) is 0 Å². The van der Waals surface area contributed by atoms with Crippen molar-refractivity contribution < 1.29 is 24.1 Å². The van der Waals surface area contributed by atoms with Crippen LogP contribution in [-0.2, 0) is 20.9 Å². The van der Waals surface area contributed by atoms with E-state index in [2.05, 4.69) is 5.32 Å². The van der Waals surface area contributed by atoms with E-state index in [1.807, 2.05) is 54.6 Å². The summed E-state index contributed by atoms with van der Waals surface area (Å²) in [6.07, 6.45) is 1.18. The van der Waals surface area contributed by atoms with Crippen molar-refractivity contribution in [3.05, 3.63) is 94.8 Å². The fourth-order valence-corrected chi connectivity index (χ4v) is 4.59. The lowest BCUT2D eigenvalue weighted by Gasteiger charge is -2.36. The number of carbonyl (C=O) groups is 1. The van der Waals surface area contributed by atoms with Crippen LogP contribution in [0.15, 0.2) is 78.0 Å². The average molecular weight is 467 g/mol. The number of benzene rings is 2. The third-order valence-corrected chi connectivity index (χ3v) is 6.47. The van der Waals surface area contributed by atoms with Crippen LogP contribution in [0.4, 0.5) is 5.69 Å². The monoisotopic (exact) mass is 466 g/mol. The van der Waals surface area contributed by atoms with Crippen LogP contribution in [0.5, 0.6) is 0 Å². The Morgan fingerprint density at radius 1 is 1.09 bits per heavy atom. The van der Waals surface area contributed by atoms with Gasteiger partial charge in [-0.15, -0.1) is 0 Å². The first kappa shape index (κ1) is 23.3. The molecule has 33 heavy (non-hydrogen) atoms. The number of rotatable bonds is 7. The van der Waals surface area contributed by atoms with Crippen LogP contribution in [0.2, 0.25) is 0 Å². The molecule has 0 spiro atoms. The highest BCUT2D eigenvalue weighted by Crippen LogP contribution is 2.39. The molecule has 8 heteroatoms. The van der Waals surface area contributed by atoms with Gasteiger partial charge >= 0.3 is 0 Å². The molecule has 1 saturated heterocycles. The largest absolute Gasteiger partial charge is 0.618 e. The zero-order chi connectivity index (χ0) is 23.2. The van der Waals surface area contributed by atoms with E-state index >= 15 is 0 Å². The summed E-state index contributed by atoms with van der Waals surface area (Å²) in [5.41, 5.74) is 3.39. The molecule has 0 unspecified atom stereocenters. The highest BCUT2D eigenvalue weighted by molar-refractivity contribution is 7.99. The number of nitrogens with zero attached hydrogens (tertiary/aromatic N) is 1. The Balaban J connectivity index is 1.53. The molecule has 0 saturated carbocycles. The second-order valence-electron chi connectivity index (χ2n) is 7.83. The maximum atomic E-state index is 12.0. The maximum absolute atomic E-state index is 12.0. The SMILES string of the molecule is CC(=O)Nc1ccc([C@H]2O[C@@H](CSc3cccc[n+]3[O-])C[C@@H](c3ccc(CO)cc3)O2)cc1. The van der Waals surface area contributed by atoms with Crippen LogP contribution in [0, 0.1) is 5.21 Å². The minimum absolute atomic E-state index is 0.0102. The molecule has 0 bridgehead atoms. The molecule has 1 aromatic heterocycles. The summed E-state index contributed by atoms with van der Waals surface area (Å²) >= 11 is 1.45. The number of thioether (sulfide) groups is 1. The van der Waals surface area contributed by atoms with E-state index in [4.69, 9.17) is 9.47 Å². The molecule has 1 aliphatic heterocycles. The first-order valence-electron chi connectivity index (χ1n) is 10.7. The van der Waals surface area contributed by atoms with Gasteiger partial charge in [-0.2, -0.15) is 4.73 Å². The van der Waals surface area contributed by atoms with Gasteiger partial charge in [0, 0.05) is 42.5 Å². The van der Waals surface area contributed by atoms with Crippen LogP contribution in [0.25, 0.3) is 0 Å². The quantitative estimate of drug-likeness (QED) is 0.309. The number of aliphatic hydroxyl groups is 1. The number of nitrogens with one attached hydrogen (secondary N) is 1. The summed E-state index contributed by atoms with van der Waals surface area (Å²) in [5, 5.41) is 24.7. The number of amides is 1. The number of hydrogen-bond donors (Lipinski definition) is 2. The minimum atomic E-state index is -0.589. The van der Waals surface area contributed by atoms with Gasteiger partial charge in [0.25, 0.3) is 5.03 Å². The summed E-state index contributed by atoms with van der Waals surface area (Å²) in [5.74, 6) is 0.467. The first-order chi connectivity index (χ1) is 16.0. The molecule has 3 aromatic rings.